The van der Waals surface area contributed by atoms with Crippen molar-refractivity contribution in [3.05, 3.63) is 68.7 Å². The molecule has 0 aliphatic rings. The van der Waals surface area contributed by atoms with E-state index in [4.69, 9.17) is 44.9 Å². The van der Waals surface area contributed by atoms with Gasteiger partial charge in [-0.3, -0.25) is 5.10 Å². The van der Waals surface area contributed by atoms with Crippen molar-refractivity contribution in [2.75, 3.05) is 12.5 Å². The van der Waals surface area contributed by atoms with E-state index in [0.29, 0.717) is 32.9 Å². The summed E-state index contributed by atoms with van der Waals surface area (Å²) in [6.07, 6.45) is 1.57. The van der Waals surface area contributed by atoms with Gasteiger partial charge in [0.05, 0.1) is 13.7 Å². The third-order valence-electron chi connectivity index (χ3n) is 3.67. The predicted molar refractivity (Wildman–Crippen MR) is 104 cm³/mol. The topological polar surface area (TPSA) is 64.1 Å². The maximum Gasteiger partial charge on any atom is 0.214 e. The number of H-pyrrole nitrogens is 1. The third kappa shape index (κ3) is 4.30. The Labute approximate surface area is 165 Å². The smallest absolute Gasteiger partial charge is 0.214 e. The summed E-state index contributed by atoms with van der Waals surface area (Å²) in [6.45, 7) is 0.789. The van der Waals surface area contributed by atoms with Gasteiger partial charge in [-0.05, 0) is 42.0 Å². The molecule has 26 heavy (non-hydrogen) atoms. The Hall–Kier alpha value is -2.22. The second-order valence-electron chi connectivity index (χ2n) is 5.34. The summed E-state index contributed by atoms with van der Waals surface area (Å²) in [5.41, 5.74) is 4.87. The Morgan fingerprint density at radius 1 is 1.19 bits per heavy atom. The zero-order valence-corrected chi connectivity index (χ0v) is 16.2. The first-order valence-corrected chi connectivity index (χ1v) is 8.83. The van der Waals surface area contributed by atoms with E-state index in [-0.39, 0.29) is 6.61 Å². The van der Waals surface area contributed by atoms with E-state index in [1.165, 1.54) is 0 Å². The number of methoxy groups -OCH3 is 1. The van der Waals surface area contributed by atoms with Crippen molar-refractivity contribution in [3.8, 4) is 11.5 Å². The van der Waals surface area contributed by atoms with E-state index in [1.54, 1.807) is 36.3 Å². The van der Waals surface area contributed by atoms with Crippen LogP contribution in [0.2, 0.25) is 10.0 Å². The van der Waals surface area contributed by atoms with Crippen LogP contribution in [0.5, 0.6) is 11.5 Å². The number of rotatable bonds is 7. The van der Waals surface area contributed by atoms with Crippen LogP contribution in [-0.4, -0.2) is 22.0 Å². The summed E-state index contributed by atoms with van der Waals surface area (Å²) in [5, 5.41) is 7.66. The van der Waals surface area contributed by atoms with Crippen molar-refractivity contribution in [2.24, 2.45) is 0 Å². The lowest BCUT2D eigenvalue weighted by Gasteiger charge is -2.14. The van der Waals surface area contributed by atoms with Gasteiger partial charge < -0.3 is 14.9 Å². The number of aromatic amines is 1. The van der Waals surface area contributed by atoms with E-state index >= 15 is 0 Å². The van der Waals surface area contributed by atoms with Gasteiger partial charge in [0, 0.05) is 15.6 Å². The van der Waals surface area contributed by atoms with Gasteiger partial charge in [0.25, 0.3) is 0 Å². The molecule has 0 radical (unpaired) electrons. The first-order valence-electron chi connectivity index (χ1n) is 7.67. The van der Waals surface area contributed by atoms with Crippen LogP contribution in [0, 0.1) is 4.77 Å². The van der Waals surface area contributed by atoms with Crippen LogP contribution in [0.15, 0.2) is 42.7 Å². The summed E-state index contributed by atoms with van der Waals surface area (Å²) in [4.78, 5) is 0. The van der Waals surface area contributed by atoms with Crippen LogP contribution < -0.4 is 14.9 Å². The minimum absolute atomic E-state index is 0.247. The number of ether oxygens (including phenoxy) is 2. The second kappa shape index (κ2) is 8.44. The minimum Gasteiger partial charge on any atom is -0.493 e. The molecule has 0 bridgehead atoms. The van der Waals surface area contributed by atoms with E-state index in [9.17, 15) is 0 Å². The largest absolute Gasteiger partial charge is 0.493 e. The van der Waals surface area contributed by atoms with Crippen LogP contribution in [0.3, 0.4) is 0 Å². The highest BCUT2D eigenvalue weighted by molar-refractivity contribution is 7.71. The molecule has 3 aromatic rings. The van der Waals surface area contributed by atoms with Crippen molar-refractivity contribution in [1.29, 1.82) is 0 Å². The fourth-order valence-corrected chi connectivity index (χ4v) is 2.97. The van der Waals surface area contributed by atoms with Gasteiger partial charge in [0.1, 0.15) is 12.9 Å². The Balaban J connectivity index is 1.70. The number of nitrogens with one attached hydrogen (secondary N) is 2. The molecule has 0 saturated carbocycles. The molecule has 1 aromatic heterocycles. The molecule has 0 aliphatic carbocycles. The number of benzene rings is 2. The summed E-state index contributed by atoms with van der Waals surface area (Å²) in [5.74, 6) is 1.22. The van der Waals surface area contributed by atoms with Crippen LogP contribution in [0.25, 0.3) is 0 Å². The van der Waals surface area contributed by atoms with Gasteiger partial charge in [0.15, 0.2) is 11.5 Å². The number of hydrogen-bond donors (Lipinski definition) is 2. The van der Waals surface area contributed by atoms with E-state index in [0.717, 1.165) is 11.1 Å². The van der Waals surface area contributed by atoms with E-state index in [1.807, 2.05) is 18.2 Å². The molecular formula is C17H16Cl2N4O2S. The molecular weight excluding hydrogens is 395 g/mol. The quantitative estimate of drug-likeness (QED) is 0.558. The van der Waals surface area contributed by atoms with Crippen LogP contribution in [0.1, 0.15) is 11.1 Å². The average Bonchev–Trinajstić information content (AvgIpc) is 3.05. The lowest BCUT2D eigenvalue weighted by atomic mass is 10.2. The molecule has 0 saturated heterocycles. The maximum atomic E-state index is 6.18. The van der Waals surface area contributed by atoms with Gasteiger partial charge in [-0.15, -0.1) is 0 Å². The fraction of sp³-hybridized carbons (Fsp3) is 0.176. The Morgan fingerprint density at radius 3 is 2.62 bits per heavy atom. The first kappa shape index (κ1) is 18.6. The Kier molecular flexibility index (Phi) is 6.03. The summed E-state index contributed by atoms with van der Waals surface area (Å²) in [6, 6.07) is 11.0. The van der Waals surface area contributed by atoms with Gasteiger partial charge in [-0.2, -0.15) is 5.10 Å². The molecule has 1 heterocycles. The molecule has 6 nitrogen and oxygen atoms in total. The van der Waals surface area contributed by atoms with Crippen molar-refractivity contribution in [2.45, 2.75) is 13.2 Å². The van der Waals surface area contributed by atoms with Gasteiger partial charge in [-0.1, -0.05) is 35.3 Å². The van der Waals surface area contributed by atoms with Crippen molar-refractivity contribution in [3.63, 3.8) is 0 Å². The lowest BCUT2D eigenvalue weighted by molar-refractivity contribution is 0.284. The predicted octanol–water partition coefficient (Wildman–Crippen LogP) is 4.58. The van der Waals surface area contributed by atoms with Crippen LogP contribution in [-0.2, 0) is 13.2 Å². The van der Waals surface area contributed by atoms with Gasteiger partial charge in [0.2, 0.25) is 4.77 Å². The van der Waals surface area contributed by atoms with Crippen molar-refractivity contribution >= 4 is 35.4 Å². The molecule has 0 fully saturated rings. The molecule has 0 unspecified atom stereocenters. The highest BCUT2D eigenvalue weighted by Crippen LogP contribution is 2.31. The lowest BCUT2D eigenvalue weighted by Crippen LogP contribution is -2.13. The third-order valence-corrected chi connectivity index (χ3v) is 4.66. The van der Waals surface area contributed by atoms with Crippen molar-refractivity contribution in [1.82, 2.24) is 14.9 Å². The zero-order chi connectivity index (χ0) is 18.5. The molecule has 0 atom stereocenters. The van der Waals surface area contributed by atoms with E-state index in [2.05, 4.69) is 15.6 Å². The molecule has 0 aliphatic heterocycles. The summed E-state index contributed by atoms with van der Waals surface area (Å²) >= 11 is 17.4. The molecule has 0 spiro atoms. The zero-order valence-electron chi connectivity index (χ0n) is 13.8. The minimum atomic E-state index is 0.247. The van der Waals surface area contributed by atoms with Gasteiger partial charge >= 0.3 is 0 Å². The SMILES string of the molecule is COc1cc(CNn2cn[nH]c2=S)ccc1OCc1c(Cl)cccc1Cl. The number of halogens is 2. The number of nitrogens with zero attached hydrogens (tertiary/aromatic N) is 2. The second-order valence-corrected chi connectivity index (χ2v) is 6.54. The summed E-state index contributed by atoms with van der Waals surface area (Å²) in [7, 11) is 1.59. The van der Waals surface area contributed by atoms with Crippen LogP contribution in [0.4, 0.5) is 0 Å². The standard InChI is InChI=1S/C17H16Cl2N4O2S/c1-24-16-7-11(8-21-23-10-20-22-17(23)26)5-6-15(16)25-9-12-13(18)3-2-4-14(12)19/h2-7,10,21H,8-9H2,1H3,(H,22,26). The normalized spacial score (nSPS) is 10.6. The number of aromatic nitrogens is 3. The maximum absolute atomic E-state index is 6.18. The van der Waals surface area contributed by atoms with Gasteiger partial charge in [-0.25, -0.2) is 4.68 Å². The molecule has 136 valence electrons. The Morgan fingerprint density at radius 2 is 1.96 bits per heavy atom. The molecule has 2 N–H and O–H groups in total. The Bertz CT molecular complexity index is 938. The van der Waals surface area contributed by atoms with Crippen molar-refractivity contribution < 1.29 is 9.47 Å². The molecule has 3 rings (SSSR count). The highest BCUT2D eigenvalue weighted by atomic mass is 35.5. The highest BCUT2D eigenvalue weighted by Gasteiger charge is 2.10. The molecule has 2 aromatic carbocycles. The average molecular weight is 411 g/mol. The monoisotopic (exact) mass is 410 g/mol. The summed E-state index contributed by atoms with van der Waals surface area (Å²) < 4.78 is 13.4. The van der Waals surface area contributed by atoms with Crippen LogP contribution >= 0.6 is 35.4 Å². The first-order chi connectivity index (χ1) is 12.6. The molecule has 0 amide bonds. The van der Waals surface area contributed by atoms with E-state index < -0.39 is 0 Å². The molecule has 9 heteroatoms. The fourth-order valence-electron chi connectivity index (χ4n) is 2.30. The number of hydrogen-bond acceptors (Lipinski definition) is 5.